The molecule has 1 N–H and O–H groups in total. The molecule has 246 valence electrons. The van der Waals surface area contributed by atoms with Gasteiger partial charge >= 0.3 is 11.9 Å². The van der Waals surface area contributed by atoms with E-state index in [0.717, 1.165) is 21.6 Å². The maximum absolute atomic E-state index is 13.9. The molecule has 3 aromatic carbocycles. The molecule has 0 saturated heterocycles. The molecular weight excluding hydrogens is 619 g/mol. The largest absolute Gasteiger partial charge is 0.460 e. The molecule has 0 saturated carbocycles. The Bertz CT molecular complexity index is 1500. The van der Waals surface area contributed by atoms with E-state index >= 15 is 0 Å². The number of Topliss-reactive ketones (excluding diaryl/α,β-unsaturated/α-hetero) is 1. The van der Waals surface area contributed by atoms with Crippen molar-refractivity contribution in [2.75, 3.05) is 5.75 Å². The molecular formula is C37H45NO6S2. The van der Waals surface area contributed by atoms with Gasteiger partial charge in [0.15, 0.2) is 5.78 Å². The number of ketones is 1. The van der Waals surface area contributed by atoms with E-state index in [9.17, 15) is 19.2 Å². The number of esters is 2. The quantitative estimate of drug-likeness (QED) is 0.0886. The van der Waals surface area contributed by atoms with Gasteiger partial charge in [0, 0.05) is 32.9 Å². The summed E-state index contributed by atoms with van der Waals surface area (Å²) < 4.78 is 10.8. The molecule has 0 aliphatic carbocycles. The first-order valence-electron chi connectivity index (χ1n) is 15.3. The predicted molar refractivity (Wildman–Crippen MR) is 187 cm³/mol. The van der Waals surface area contributed by atoms with Crippen LogP contribution >= 0.6 is 24.4 Å². The van der Waals surface area contributed by atoms with Gasteiger partial charge in [-0.3, -0.25) is 14.4 Å². The smallest absolute Gasteiger partial charge is 0.329 e. The van der Waals surface area contributed by atoms with Crippen LogP contribution in [0.1, 0.15) is 90.6 Å². The van der Waals surface area contributed by atoms with Crippen LogP contribution in [-0.2, 0) is 19.1 Å². The third kappa shape index (κ3) is 11.7. The highest BCUT2D eigenvalue weighted by atomic mass is 32.2. The summed E-state index contributed by atoms with van der Waals surface area (Å²) in [4.78, 5) is 53.7. The van der Waals surface area contributed by atoms with E-state index in [1.165, 1.54) is 12.1 Å². The molecule has 0 aliphatic heterocycles. The van der Waals surface area contributed by atoms with Crippen molar-refractivity contribution in [3.05, 3.63) is 101 Å². The third-order valence-electron chi connectivity index (χ3n) is 6.81. The standard InChI is InChI=1S/C37H45NO6S2/c1-23-9-13-26(14-10-23)33(45)29(22-46-28-19-11-24(2)12-20-28)32(40)25-15-17-27(18-16-25)34(41)38-30(35(42)44-37(6,7)8)21-31(39)43-36(3,4)5/h9-20,29-30,33,45H,21-22H2,1-8H3,(H,38,41). The zero-order chi connectivity index (χ0) is 34.2. The number of aryl methyl sites for hydroxylation is 2. The van der Waals surface area contributed by atoms with Crippen LogP contribution in [0.5, 0.6) is 0 Å². The van der Waals surface area contributed by atoms with Crippen molar-refractivity contribution in [3.63, 3.8) is 0 Å². The number of nitrogens with one attached hydrogen (secondary N) is 1. The van der Waals surface area contributed by atoms with E-state index in [2.05, 4.69) is 5.32 Å². The lowest BCUT2D eigenvalue weighted by atomic mass is 9.91. The third-order valence-corrected chi connectivity index (χ3v) is 8.60. The van der Waals surface area contributed by atoms with Crippen LogP contribution in [0, 0.1) is 19.8 Å². The molecule has 0 aromatic heterocycles. The first-order chi connectivity index (χ1) is 21.4. The van der Waals surface area contributed by atoms with Gasteiger partial charge in [-0.2, -0.15) is 12.6 Å². The highest BCUT2D eigenvalue weighted by molar-refractivity contribution is 7.99. The number of ether oxygens (including phenoxy) is 2. The van der Waals surface area contributed by atoms with Gasteiger partial charge in [0.2, 0.25) is 0 Å². The SMILES string of the molecule is Cc1ccc(SCC(C(=O)c2ccc(C(=O)NC(CC(=O)OC(C)(C)C)C(=O)OC(C)(C)C)cc2)C(S)c2ccc(C)cc2)cc1. The van der Waals surface area contributed by atoms with Gasteiger partial charge in [0.25, 0.3) is 5.91 Å². The maximum Gasteiger partial charge on any atom is 0.329 e. The van der Waals surface area contributed by atoms with Crippen LogP contribution < -0.4 is 5.32 Å². The molecule has 3 atom stereocenters. The minimum atomic E-state index is -1.26. The van der Waals surface area contributed by atoms with Crippen LogP contribution in [0.4, 0.5) is 0 Å². The van der Waals surface area contributed by atoms with Crippen molar-refractivity contribution in [1.29, 1.82) is 0 Å². The molecule has 1 amide bonds. The van der Waals surface area contributed by atoms with Gasteiger partial charge in [-0.15, -0.1) is 11.8 Å². The number of carbonyl (C=O) groups is 4. The van der Waals surface area contributed by atoms with Gasteiger partial charge in [0.1, 0.15) is 17.2 Å². The van der Waals surface area contributed by atoms with Crippen molar-refractivity contribution >= 4 is 48.0 Å². The molecule has 7 nitrogen and oxygen atoms in total. The molecule has 46 heavy (non-hydrogen) atoms. The van der Waals surface area contributed by atoms with Crippen LogP contribution in [-0.4, -0.2) is 46.6 Å². The summed E-state index contributed by atoms with van der Waals surface area (Å²) >= 11 is 6.51. The molecule has 0 spiro atoms. The summed E-state index contributed by atoms with van der Waals surface area (Å²) in [6.45, 7) is 14.3. The van der Waals surface area contributed by atoms with Crippen molar-refractivity contribution in [1.82, 2.24) is 5.32 Å². The zero-order valence-electron chi connectivity index (χ0n) is 27.9. The molecule has 3 rings (SSSR count). The Morgan fingerprint density at radius 2 is 1.24 bits per heavy atom. The Hall–Kier alpha value is -3.56. The fourth-order valence-electron chi connectivity index (χ4n) is 4.48. The highest BCUT2D eigenvalue weighted by Crippen LogP contribution is 2.35. The Morgan fingerprint density at radius 1 is 0.739 bits per heavy atom. The summed E-state index contributed by atoms with van der Waals surface area (Å²) in [6, 6.07) is 21.2. The lowest BCUT2D eigenvalue weighted by Gasteiger charge is -2.26. The van der Waals surface area contributed by atoms with Crippen molar-refractivity contribution in [2.45, 2.75) is 89.2 Å². The minimum absolute atomic E-state index is 0.0938. The topological polar surface area (TPSA) is 98.8 Å². The van der Waals surface area contributed by atoms with Crippen LogP contribution in [0.2, 0.25) is 0 Å². The second kappa shape index (κ2) is 15.8. The number of thiol groups is 1. The highest BCUT2D eigenvalue weighted by Gasteiger charge is 2.32. The zero-order valence-corrected chi connectivity index (χ0v) is 29.6. The Kier molecular flexibility index (Phi) is 12.7. The van der Waals surface area contributed by atoms with Crippen LogP contribution in [0.15, 0.2) is 77.7 Å². The van der Waals surface area contributed by atoms with Gasteiger partial charge in [-0.25, -0.2) is 4.79 Å². The van der Waals surface area contributed by atoms with Gasteiger partial charge in [-0.1, -0.05) is 59.7 Å². The molecule has 9 heteroatoms. The number of amides is 1. The van der Waals surface area contributed by atoms with E-state index in [0.29, 0.717) is 11.3 Å². The molecule has 0 radical (unpaired) electrons. The summed E-state index contributed by atoms with van der Waals surface area (Å²) in [5.74, 6) is -2.02. The first-order valence-corrected chi connectivity index (χ1v) is 16.8. The van der Waals surface area contributed by atoms with Gasteiger partial charge in [0.05, 0.1) is 6.42 Å². The lowest BCUT2D eigenvalue weighted by Crippen LogP contribution is -2.46. The normalized spacial score (nSPS) is 13.7. The molecule has 0 bridgehead atoms. The second-order valence-corrected chi connectivity index (χ2v) is 15.0. The van der Waals surface area contributed by atoms with Crippen LogP contribution in [0.3, 0.4) is 0 Å². The van der Waals surface area contributed by atoms with E-state index in [4.69, 9.17) is 22.1 Å². The van der Waals surface area contributed by atoms with Gasteiger partial charge in [-0.05, 0) is 85.2 Å². The summed E-state index contributed by atoms with van der Waals surface area (Å²) in [6.07, 6.45) is -0.392. The Balaban J connectivity index is 1.81. The lowest BCUT2D eigenvalue weighted by molar-refractivity contribution is -0.164. The van der Waals surface area contributed by atoms with E-state index in [1.807, 2.05) is 62.4 Å². The fraction of sp³-hybridized carbons (Fsp3) is 0.405. The van der Waals surface area contributed by atoms with E-state index in [1.54, 1.807) is 65.4 Å². The van der Waals surface area contributed by atoms with E-state index in [-0.39, 0.29) is 16.6 Å². The monoisotopic (exact) mass is 663 g/mol. The average Bonchev–Trinajstić information content (AvgIpc) is 2.96. The maximum atomic E-state index is 13.9. The van der Waals surface area contributed by atoms with E-state index < -0.39 is 47.4 Å². The summed E-state index contributed by atoms with van der Waals surface area (Å²) in [7, 11) is 0. The molecule has 3 unspecified atom stereocenters. The number of hydrogen-bond donors (Lipinski definition) is 2. The number of rotatable bonds is 12. The Labute approximate surface area is 282 Å². The summed E-state index contributed by atoms with van der Waals surface area (Å²) in [5.41, 5.74) is 2.31. The van der Waals surface area contributed by atoms with Crippen molar-refractivity contribution in [2.24, 2.45) is 5.92 Å². The van der Waals surface area contributed by atoms with Crippen molar-refractivity contribution in [3.8, 4) is 0 Å². The molecule has 0 fully saturated rings. The number of benzene rings is 3. The summed E-state index contributed by atoms with van der Waals surface area (Å²) in [5, 5.41) is 2.27. The first kappa shape index (κ1) is 36.9. The number of hydrogen-bond acceptors (Lipinski definition) is 8. The number of carbonyl (C=O) groups excluding carboxylic acids is 4. The molecule has 0 aliphatic rings. The fourth-order valence-corrected chi connectivity index (χ4v) is 6.08. The second-order valence-electron chi connectivity index (χ2n) is 13.4. The predicted octanol–water partition coefficient (Wildman–Crippen LogP) is 7.74. The van der Waals surface area contributed by atoms with Crippen molar-refractivity contribution < 1.29 is 28.7 Å². The number of thioether (sulfide) groups is 1. The van der Waals surface area contributed by atoms with Crippen LogP contribution in [0.25, 0.3) is 0 Å². The Morgan fingerprint density at radius 3 is 1.76 bits per heavy atom. The molecule has 0 heterocycles. The minimum Gasteiger partial charge on any atom is -0.460 e. The van der Waals surface area contributed by atoms with Gasteiger partial charge < -0.3 is 14.8 Å². The average molecular weight is 664 g/mol. The molecule has 3 aromatic rings.